The maximum Gasteiger partial charge on any atom is 0.232 e. The quantitative estimate of drug-likeness (QED) is 0.505. The van der Waals surface area contributed by atoms with E-state index in [0.717, 1.165) is 42.5 Å². The molecule has 1 saturated heterocycles. The van der Waals surface area contributed by atoms with Crippen LogP contribution in [0.1, 0.15) is 48.7 Å². The predicted molar refractivity (Wildman–Crippen MR) is 128 cm³/mol. The zero-order valence-corrected chi connectivity index (χ0v) is 19.9. The molecule has 1 fully saturated rings. The van der Waals surface area contributed by atoms with E-state index >= 15 is 0 Å². The SMILES string of the molecule is CCc1cnc(N2CCC(c3nc(C(Oc4ccccc4)N4C=NN(F)N4)cs3)C(C)C2)nc1. The molecule has 178 valence electrons. The largest absolute Gasteiger partial charge is 0.463 e. The average Bonchev–Trinajstić information content (AvgIpc) is 3.53. The molecule has 0 saturated carbocycles. The first-order valence-electron chi connectivity index (χ1n) is 11.4. The molecule has 0 spiro atoms. The van der Waals surface area contributed by atoms with Gasteiger partial charge in [-0.05, 0) is 41.8 Å². The highest BCUT2D eigenvalue weighted by Gasteiger charge is 2.33. The van der Waals surface area contributed by atoms with Gasteiger partial charge in [-0.25, -0.2) is 20.0 Å². The molecule has 2 aromatic heterocycles. The van der Waals surface area contributed by atoms with Gasteiger partial charge in [0.25, 0.3) is 0 Å². The molecule has 0 radical (unpaired) electrons. The molecule has 9 nitrogen and oxygen atoms in total. The van der Waals surface area contributed by atoms with E-state index in [2.05, 4.69) is 39.4 Å². The standard InChI is InChI=1S/C23H27FN8OS/c1-3-17-11-25-23(26-12-17)30-10-9-19(16(2)13-30)21-28-20(14-34-21)22(31-15-27-32(24)29-31)33-18-7-5-4-6-8-18/h4-8,11-12,14-16,19,22,29H,3,9-10,13H2,1-2H3. The smallest absolute Gasteiger partial charge is 0.232 e. The monoisotopic (exact) mass is 482 g/mol. The van der Waals surface area contributed by atoms with E-state index in [1.807, 2.05) is 48.1 Å². The summed E-state index contributed by atoms with van der Waals surface area (Å²) in [6, 6.07) is 9.40. The highest BCUT2D eigenvalue weighted by Crippen LogP contribution is 2.37. The van der Waals surface area contributed by atoms with Crippen molar-refractivity contribution < 1.29 is 9.22 Å². The van der Waals surface area contributed by atoms with Gasteiger partial charge in [0.15, 0.2) is 0 Å². The summed E-state index contributed by atoms with van der Waals surface area (Å²) in [6.45, 7) is 6.08. The van der Waals surface area contributed by atoms with Crippen molar-refractivity contribution in [2.75, 3.05) is 18.0 Å². The van der Waals surface area contributed by atoms with Crippen molar-refractivity contribution >= 4 is 23.6 Å². The van der Waals surface area contributed by atoms with Crippen LogP contribution in [0.2, 0.25) is 0 Å². The maximum absolute atomic E-state index is 13.5. The minimum atomic E-state index is -0.669. The van der Waals surface area contributed by atoms with Crippen LogP contribution >= 0.6 is 11.3 Å². The molecule has 5 rings (SSSR count). The molecular weight excluding hydrogens is 455 g/mol. The van der Waals surface area contributed by atoms with Crippen LogP contribution in [0.4, 0.5) is 10.4 Å². The second kappa shape index (κ2) is 9.90. The summed E-state index contributed by atoms with van der Waals surface area (Å²) in [5.74, 6) is 2.14. The molecule has 2 aliphatic rings. The summed E-state index contributed by atoms with van der Waals surface area (Å²) in [4.78, 5) is 16.3. The average molecular weight is 483 g/mol. The van der Waals surface area contributed by atoms with Crippen molar-refractivity contribution in [3.05, 3.63) is 64.4 Å². The molecule has 3 unspecified atom stereocenters. The van der Waals surface area contributed by atoms with Crippen LogP contribution in [0.5, 0.6) is 5.75 Å². The van der Waals surface area contributed by atoms with E-state index in [9.17, 15) is 4.48 Å². The van der Waals surface area contributed by atoms with Gasteiger partial charge in [-0.1, -0.05) is 42.1 Å². The van der Waals surface area contributed by atoms with Crippen molar-refractivity contribution in [3.8, 4) is 5.75 Å². The van der Waals surface area contributed by atoms with E-state index in [4.69, 9.17) is 9.72 Å². The van der Waals surface area contributed by atoms with Gasteiger partial charge in [-0.3, -0.25) is 0 Å². The number of halogens is 1. The van der Waals surface area contributed by atoms with Crippen LogP contribution in [0.3, 0.4) is 0 Å². The number of hydrazine groups is 2. The lowest BCUT2D eigenvalue weighted by atomic mass is 9.87. The van der Waals surface area contributed by atoms with Gasteiger partial charge in [0.2, 0.25) is 12.2 Å². The van der Waals surface area contributed by atoms with Gasteiger partial charge >= 0.3 is 0 Å². The number of thiazole rings is 1. The second-order valence-corrected chi connectivity index (χ2v) is 9.35. The molecule has 2 aliphatic heterocycles. The van der Waals surface area contributed by atoms with Crippen LogP contribution in [0.15, 0.2) is 53.2 Å². The van der Waals surface area contributed by atoms with E-state index in [0.29, 0.717) is 23.3 Å². The number of ether oxygens (including phenoxy) is 1. The van der Waals surface area contributed by atoms with Gasteiger partial charge in [0.1, 0.15) is 17.8 Å². The number of anilines is 1. The van der Waals surface area contributed by atoms with Gasteiger partial charge in [-0.15, -0.1) is 16.4 Å². The fourth-order valence-electron chi connectivity index (χ4n) is 4.22. The fourth-order valence-corrected chi connectivity index (χ4v) is 5.31. The van der Waals surface area contributed by atoms with Crippen molar-refractivity contribution in [1.29, 1.82) is 0 Å². The molecule has 3 atom stereocenters. The molecule has 1 N–H and O–H groups in total. The second-order valence-electron chi connectivity index (χ2n) is 8.46. The molecule has 0 aliphatic carbocycles. The molecule has 0 amide bonds. The summed E-state index contributed by atoms with van der Waals surface area (Å²) in [6.07, 6.45) is 6.39. The number of benzene rings is 1. The topological polar surface area (TPSA) is 82.0 Å². The van der Waals surface area contributed by atoms with Crippen molar-refractivity contribution in [1.82, 2.24) is 30.8 Å². The number of hydrogen-bond acceptors (Lipinski definition) is 10. The number of piperidine rings is 1. The molecule has 3 aromatic rings. The number of aromatic nitrogens is 3. The zero-order valence-electron chi connectivity index (χ0n) is 19.1. The molecular formula is C23H27FN8OS. The Morgan fingerprint density at radius 1 is 1.24 bits per heavy atom. The summed E-state index contributed by atoms with van der Waals surface area (Å²) in [5.41, 5.74) is 4.34. The minimum absolute atomic E-state index is 0.140. The summed E-state index contributed by atoms with van der Waals surface area (Å²) in [5, 5.41) is 8.22. The zero-order chi connectivity index (χ0) is 23.5. The van der Waals surface area contributed by atoms with E-state index < -0.39 is 6.23 Å². The summed E-state index contributed by atoms with van der Waals surface area (Å²) in [7, 11) is 0. The Balaban J connectivity index is 1.31. The number of para-hydroxylation sites is 1. The number of hydrazone groups is 1. The molecule has 4 heterocycles. The third kappa shape index (κ3) is 4.80. The lowest BCUT2D eigenvalue weighted by Gasteiger charge is -2.36. The Bertz CT molecular complexity index is 1110. The summed E-state index contributed by atoms with van der Waals surface area (Å²) >= 11 is 1.61. The van der Waals surface area contributed by atoms with Crippen LogP contribution in [-0.4, -0.2) is 44.7 Å². The van der Waals surface area contributed by atoms with Crippen LogP contribution in [0, 0.1) is 5.92 Å². The Hall–Kier alpha value is -3.31. The number of aryl methyl sites for hydroxylation is 1. The molecule has 11 heteroatoms. The van der Waals surface area contributed by atoms with E-state index in [-0.39, 0.29) is 5.34 Å². The highest BCUT2D eigenvalue weighted by molar-refractivity contribution is 7.09. The Labute approximate surface area is 201 Å². The minimum Gasteiger partial charge on any atom is -0.463 e. The Kier molecular flexibility index (Phi) is 6.54. The van der Waals surface area contributed by atoms with E-state index in [1.54, 1.807) is 11.3 Å². The lowest BCUT2D eigenvalue weighted by Crippen LogP contribution is -2.42. The highest BCUT2D eigenvalue weighted by atomic mass is 32.1. The maximum atomic E-state index is 13.5. The summed E-state index contributed by atoms with van der Waals surface area (Å²) < 4.78 is 19.7. The van der Waals surface area contributed by atoms with Gasteiger partial charge in [0.05, 0.1) is 5.01 Å². The number of rotatable bonds is 7. The Morgan fingerprint density at radius 3 is 2.71 bits per heavy atom. The normalized spacial score (nSPS) is 21.2. The van der Waals surface area contributed by atoms with Gasteiger partial charge < -0.3 is 9.64 Å². The molecule has 34 heavy (non-hydrogen) atoms. The fraction of sp³-hybridized carbons (Fsp3) is 0.391. The van der Waals surface area contributed by atoms with Crippen LogP contribution < -0.4 is 15.2 Å². The number of hydrogen-bond donors (Lipinski definition) is 1. The van der Waals surface area contributed by atoms with E-state index in [1.165, 1.54) is 11.3 Å². The van der Waals surface area contributed by atoms with Crippen molar-refractivity contribution in [2.45, 2.75) is 38.8 Å². The molecule has 1 aromatic carbocycles. The third-order valence-corrected chi connectivity index (χ3v) is 7.11. The first-order valence-corrected chi connectivity index (χ1v) is 12.3. The molecule has 0 bridgehead atoms. The van der Waals surface area contributed by atoms with Crippen LogP contribution in [-0.2, 0) is 6.42 Å². The number of nitrogens with zero attached hydrogens (tertiary/aromatic N) is 7. The van der Waals surface area contributed by atoms with Gasteiger partial charge in [0, 0.05) is 36.8 Å². The Morgan fingerprint density at radius 2 is 2.03 bits per heavy atom. The number of nitrogens with one attached hydrogen (secondary N) is 1. The lowest BCUT2D eigenvalue weighted by molar-refractivity contribution is -0.0998. The predicted octanol–water partition coefficient (Wildman–Crippen LogP) is 4.07. The first kappa shape index (κ1) is 22.5. The third-order valence-electron chi connectivity index (χ3n) is 6.12. The van der Waals surface area contributed by atoms with Crippen molar-refractivity contribution in [3.63, 3.8) is 0 Å². The van der Waals surface area contributed by atoms with Crippen LogP contribution in [0.25, 0.3) is 0 Å². The van der Waals surface area contributed by atoms with Gasteiger partial charge in [-0.2, -0.15) is 0 Å². The first-order chi connectivity index (χ1) is 16.6. The van der Waals surface area contributed by atoms with Crippen molar-refractivity contribution in [2.24, 2.45) is 11.0 Å².